The Labute approximate surface area is 111 Å². The lowest BCUT2D eigenvalue weighted by molar-refractivity contribution is -0.137. The summed E-state index contributed by atoms with van der Waals surface area (Å²) >= 11 is 0. The van der Waals surface area contributed by atoms with E-state index in [1.54, 1.807) is 9.13 Å². The van der Waals surface area contributed by atoms with Gasteiger partial charge in [0.05, 0.1) is 11.0 Å². The van der Waals surface area contributed by atoms with Crippen molar-refractivity contribution in [1.82, 2.24) is 9.13 Å². The Hall–Kier alpha value is -2.04. The number of fused-ring (bicyclic) bond motifs is 1. The van der Waals surface area contributed by atoms with Crippen molar-refractivity contribution in [3.8, 4) is 0 Å². The van der Waals surface area contributed by atoms with Crippen molar-refractivity contribution in [3.63, 3.8) is 0 Å². The molecule has 0 bridgehead atoms. The van der Waals surface area contributed by atoms with Crippen LogP contribution in [-0.4, -0.2) is 20.2 Å². The third-order valence-corrected chi connectivity index (χ3v) is 3.14. The summed E-state index contributed by atoms with van der Waals surface area (Å²) in [6.45, 7) is 3.16. The third-order valence-electron chi connectivity index (χ3n) is 3.14. The molecule has 102 valence electrons. The highest BCUT2D eigenvalue weighted by molar-refractivity contribution is 5.76. The van der Waals surface area contributed by atoms with Gasteiger partial charge in [0.15, 0.2) is 0 Å². The molecule has 0 aliphatic heterocycles. The SMILES string of the molecule is CCCn1c(=O)n(CCCC(=O)O)c2ccccc21. The Morgan fingerprint density at radius 1 is 1.16 bits per heavy atom. The van der Waals surface area contributed by atoms with Crippen LogP contribution in [0.3, 0.4) is 0 Å². The normalized spacial score (nSPS) is 11.0. The van der Waals surface area contributed by atoms with Gasteiger partial charge >= 0.3 is 11.7 Å². The second-order valence-electron chi connectivity index (χ2n) is 4.57. The molecule has 19 heavy (non-hydrogen) atoms. The van der Waals surface area contributed by atoms with Gasteiger partial charge in [0.2, 0.25) is 0 Å². The van der Waals surface area contributed by atoms with Crippen molar-refractivity contribution in [1.29, 1.82) is 0 Å². The van der Waals surface area contributed by atoms with E-state index in [1.807, 2.05) is 31.2 Å². The van der Waals surface area contributed by atoms with Gasteiger partial charge in [0.25, 0.3) is 0 Å². The van der Waals surface area contributed by atoms with Crippen molar-refractivity contribution in [2.45, 2.75) is 39.3 Å². The largest absolute Gasteiger partial charge is 0.481 e. The quantitative estimate of drug-likeness (QED) is 0.866. The predicted molar refractivity (Wildman–Crippen MR) is 73.4 cm³/mol. The van der Waals surface area contributed by atoms with Gasteiger partial charge in [0, 0.05) is 19.5 Å². The molecule has 0 aliphatic rings. The number of imidazole rings is 1. The highest BCUT2D eigenvalue weighted by atomic mass is 16.4. The second-order valence-corrected chi connectivity index (χ2v) is 4.57. The standard InChI is InChI=1S/C14H18N2O3/c1-2-9-15-11-6-3-4-7-12(11)16(14(15)19)10-5-8-13(17)18/h3-4,6-7H,2,5,8-10H2,1H3,(H,17,18). The molecule has 1 aromatic heterocycles. The molecule has 0 saturated carbocycles. The molecule has 0 unspecified atom stereocenters. The molecule has 2 rings (SSSR count). The maximum atomic E-state index is 12.3. The third kappa shape index (κ3) is 2.70. The van der Waals surface area contributed by atoms with Crippen molar-refractivity contribution in [2.75, 3.05) is 0 Å². The number of rotatable bonds is 6. The number of hydrogen-bond acceptors (Lipinski definition) is 2. The van der Waals surface area contributed by atoms with E-state index in [4.69, 9.17) is 5.11 Å². The molecule has 0 fully saturated rings. The summed E-state index contributed by atoms with van der Waals surface area (Å²) in [5, 5.41) is 8.67. The molecule has 0 amide bonds. The number of aromatic nitrogens is 2. The summed E-state index contributed by atoms with van der Waals surface area (Å²) in [5.41, 5.74) is 1.75. The van der Waals surface area contributed by atoms with Gasteiger partial charge in [0.1, 0.15) is 0 Å². The predicted octanol–water partition coefficient (Wildman–Crippen LogP) is 2.08. The second kappa shape index (κ2) is 5.73. The van der Waals surface area contributed by atoms with Crippen LogP contribution in [0.2, 0.25) is 0 Å². The van der Waals surface area contributed by atoms with Crippen LogP contribution >= 0.6 is 0 Å². The minimum atomic E-state index is -0.828. The molecule has 0 radical (unpaired) electrons. The summed E-state index contributed by atoms with van der Waals surface area (Å²) in [6.07, 6.45) is 1.44. The summed E-state index contributed by atoms with van der Waals surface area (Å²) in [7, 11) is 0. The zero-order valence-electron chi connectivity index (χ0n) is 11.0. The smallest absolute Gasteiger partial charge is 0.329 e. The van der Waals surface area contributed by atoms with Crippen LogP contribution in [-0.2, 0) is 17.9 Å². The van der Waals surface area contributed by atoms with E-state index in [9.17, 15) is 9.59 Å². The molecular weight excluding hydrogens is 244 g/mol. The summed E-state index contributed by atoms with van der Waals surface area (Å²) in [6, 6.07) is 7.64. The molecule has 0 saturated heterocycles. The minimum Gasteiger partial charge on any atom is -0.481 e. The lowest BCUT2D eigenvalue weighted by Gasteiger charge is -2.01. The van der Waals surface area contributed by atoms with E-state index >= 15 is 0 Å². The Morgan fingerprint density at radius 3 is 2.26 bits per heavy atom. The Bertz CT molecular complexity index is 640. The zero-order chi connectivity index (χ0) is 13.8. The molecule has 2 aromatic rings. The number of para-hydroxylation sites is 2. The van der Waals surface area contributed by atoms with Crippen molar-refractivity contribution in [2.24, 2.45) is 0 Å². The molecule has 0 spiro atoms. The molecule has 0 atom stereocenters. The van der Waals surface area contributed by atoms with E-state index in [0.29, 0.717) is 19.5 Å². The van der Waals surface area contributed by atoms with E-state index < -0.39 is 5.97 Å². The molecule has 5 heteroatoms. The van der Waals surface area contributed by atoms with Crippen LogP contribution in [0.4, 0.5) is 0 Å². The molecular formula is C14H18N2O3. The number of hydrogen-bond donors (Lipinski definition) is 1. The fourth-order valence-corrected chi connectivity index (χ4v) is 2.32. The molecule has 5 nitrogen and oxygen atoms in total. The van der Waals surface area contributed by atoms with Gasteiger partial charge in [-0.05, 0) is 25.0 Å². The number of carboxylic acids is 1. The van der Waals surface area contributed by atoms with E-state index in [0.717, 1.165) is 17.5 Å². The van der Waals surface area contributed by atoms with E-state index in [2.05, 4.69) is 0 Å². The summed E-state index contributed by atoms with van der Waals surface area (Å²) in [4.78, 5) is 22.9. The van der Waals surface area contributed by atoms with Crippen molar-refractivity contribution in [3.05, 3.63) is 34.7 Å². The van der Waals surface area contributed by atoms with Gasteiger partial charge in [-0.2, -0.15) is 0 Å². The van der Waals surface area contributed by atoms with Crippen LogP contribution in [0.25, 0.3) is 11.0 Å². The number of aryl methyl sites for hydroxylation is 2. The van der Waals surface area contributed by atoms with Crippen LogP contribution in [0.15, 0.2) is 29.1 Å². The molecule has 1 heterocycles. The number of carboxylic acid groups (broad SMARTS) is 1. The Balaban J connectivity index is 2.39. The first kappa shape index (κ1) is 13.4. The van der Waals surface area contributed by atoms with Gasteiger partial charge in [-0.25, -0.2) is 4.79 Å². The molecule has 0 aliphatic carbocycles. The first-order chi connectivity index (χ1) is 9.15. The number of nitrogens with zero attached hydrogens (tertiary/aromatic N) is 2. The Kier molecular flexibility index (Phi) is 4.04. The van der Waals surface area contributed by atoms with Crippen LogP contribution < -0.4 is 5.69 Å². The summed E-state index contributed by atoms with van der Waals surface area (Å²) in [5.74, 6) is -0.828. The number of benzene rings is 1. The van der Waals surface area contributed by atoms with Crippen molar-refractivity contribution >= 4 is 17.0 Å². The maximum absolute atomic E-state index is 12.3. The van der Waals surface area contributed by atoms with Crippen LogP contribution in [0.5, 0.6) is 0 Å². The zero-order valence-corrected chi connectivity index (χ0v) is 11.0. The fraction of sp³-hybridized carbons (Fsp3) is 0.429. The highest BCUT2D eigenvalue weighted by Crippen LogP contribution is 2.13. The van der Waals surface area contributed by atoms with Gasteiger partial charge < -0.3 is 5.11 Å². The number of carbonyl (C=O) groups is 1. The van der Waals surface area contributed by atoms with Gasteiger partial charge in [-0.3, -0.25) is 13.9 Å². The average Bonchev–Trinajstić information content (AvgIpc) is 2.65. The maximum Gasteiger partial charge on any atom is 0.329 e. The highest BCUT2D eigenvalue weighted by Gasteiger charge is 2.11. The lowest BCUT2D eigenvalue weighted by Crippen LogP contribution is -2.24. The lowest BCUT2D eigenvalue weighted by atomic mass is 10.3. The molecule has 1 N–H and O–H groups in total. The van der Waals surface area contributed by atoms with E-state index in [1.165, 1.54) is 0 Å². The first-order valence-electron chi connectivity index (χ1n) is 6.55. The van der Waals surface area contributed by atoms with Gasteiger partial charge in [-0.15, -0.1) is 0 Å². The first-order valence-corrected chi connectivity index (χ1v) is 6.55. The minimum absolute atomic E-state index is 0.0477. The van der Waals surface area contributed by atoms with Crippen LogP contribution in [0.1, 0.15) is 26.2 Å². The van der Waals surface area contributed by atoms with Crippen LogP contribution in [0, 0.1) is 0 Å². The van der Waals surface area contributed by atoms with E-state index in [-0.39, 0.29) is 12.1 Å². The average molecular weight is 262 g/mol. The topological polar surface area (TPSA) is 64.2 Å². The molecule has 1 aromatic carbocycles. The summed E-state index contributed by atoms with van der Waals surface area (Å²) < 4.78 is 3.43. The monoisotopic (exact) mass is 262 g/mol. The number of aliphatic carboxylic acids is 1. The Morgan fingerprint density at radius 2 is 1.74 bits per heavy atom. The van der Waals surface area contributed by atoms with Gasteiger partial charge in [-0.1, -0.05) is 19.1 Å². The fourth-order valence-electron chi connectivity index (χ4n) is 2.32. The van der Waals surface area contributed by atoms with Crippen molar-refractivity contribution < 1.29 is 9.90 Å².